The summed E-state index contributed by atoms with van der Waals surface area (Å²) in [5, 5.41) is 12.9. The number of nitrogens with one attached hydrogen (secondary N) is 1. The standard InChI is InChI=1S/C29H38FN3O6S/c1-19-16-33(20(2)18-34)29(36)24-10-7-11-25(31-28(35)21-8-5-4-6-9-21)27(24)39-26(19)17-32(3)40(37,38)23-14-12-22(30)13-15-23/h7,10-15,19-21,26,34H,4-6,8-9,16-18H2,1-3H3,(H,31,35)/t19-,20-,26+/m1/s1. The predicted octanol–water partition coefficient (Wildman–Crippen LogP) is 3.89. The second-order valence-electron chi connectivity index (χ2n) is 10.9. The highest BCUT2D eigenvalue weighted by Crippen LogP contribution is 2.36. The second-order valence-corrected chi connectivity index (χ2v) is 12.9. The van der Waals surface area contributed by atoms with Gasteiger partial charge >= 0.3 is 0 Å². The van der Waals surface area contributed by atoms with E-state index in [1.54, 1.807) is 30.0 Å². The molecule has 0 spiro atoms. The van der Waals surface area contributed by atoms with Crippen LogP contribution >= 0.6 is 0 Å². The average Bonchev–Trinajstić information content (AvgIpc) is 2.95. The fraction of sp³-hybridized carbons (Fsp3) is 0.517. The molecule has 1 saturated carbocycles. The number of halogens is 1. The highest BCUT2D eigenvalue weighted by molar-refractivity contribution is 7.89. The van der Waals surface area contributed by atoms with Crippen LogP contribution in [0.1, 0.15) is 56.3 Å². The third-order valence-corrected chi connectivity index (χ3v) is 9.72. The zero-order valence-corrected chi connectivity index (χ0v) is 24.0. The molecule has 11 heteroatoms. The molecule has 2 aromatic carbocycles. The molecule has 0 saturated heterocycles. The maximum atomic E-state index is 13.7. The molecule has 2 amide bonds. The highest BCUT2D eigenvalue weighted by Gasteiger charge is 2.36. The van der Waals surface area contributed by atoms with E-state index < -0.39 is 28.0 Å². The van der Waals surface area contributed by atoms with Gasteiger partial charge in [0.05, 0.1) is 35.3 Å². The molecule has 0 aromatic heterocycles. The first-order chi connectivity index (χ1) is 19.0. The number of carbonyl (C=O) groups is 2. The molecule has 4 rings (SSSR count). The zero-order valence-electron chi connectivity index (χ0n) is 23.2. The first-order valence-corrected chi connectivity index (χ1v) is 15.2. The van der Waals surface area contributed by atoms with E-state index in [1.165, 1.54) is 19.2 Å². The van der Waals surface area contributed by atoms with Gasteiger partial charge in [-0.3, -0.25) is 9.59 Å². The number of likely N-dealkylation sites (N-methyl/N-ethyl adjacent to an activating group) is 1. The van der Waals surface area contributed by atoms with Gasteiger partial charge in [0.1, 0.15) is 11.9 Å². The van der Waals surface area contributed by atoms with Crippen molar-refractivity contribution in [2.24, 2.45) is 11.8 Å². The second kappa shape index (κ2) is 12.7. The number of amides is 2. The number of nitrogens with zero attached hydrogens (tertiary/aromatic N) is 2. The topological polar surface area (TPSA) is 116 Å². The minimum Gasteiger partial charge on any atom is -0.486 e. The third kappa shape index (κ3) is 6.47. The molecule has 1 aliphatic heterocycles. The van der Waals surface area contributed by atoms with E-state index in [9.17, 15) is 27.5 Å². The molecule has 218 valence electrons. The summed E-state index contributed by atoms with van der Waals surface area (Å²) in [6.07, 6.45) is 3.97. The molecule has 1 fully saturated rings. The Bertz CT molecular complexity index is 1310. The number of benzene rings is 2. The van der Waals surface area contributed by atoms with Crippen molar-refractivity contribution in [3.05, 3.63) is 53.8 Å². The number of rotatable bonds is 8. The van der Waals surface area contributed by atoms with Gasteiger partial charge in [0.15, 0.2) is 5.75 Å². The van der Waals surface area contributed by atoms with Crippen molar-refractivity contribution in [3.63, 3.8) is 0 Å². The minimum atomic E-state index is -3.97. The van der Waals surface area contributed by atoms with Crippen LogP contribution in [0.25, 0.3) is 0 Å². The normalized spacial score (nSPS) is 21.2. The maximum absolute atomic E-state index is 13.7. The van der Waals surface area contributed by atoms with Crippen LogP contribution in [0.4, 0.5) is 10.1 Å². The molecule has 2 aromatic rings. The van der Waals surface area contributed by atoms with Crippen LogP contribution in [0.2, 0.25) is 0 Å². The lowest BCUT2D eigenvalue weighted by Crippen LogP contribution is -2.50. The lowest BCUT2D eigenvalue weighted by Gasteiger charge is -2.38. The van der Waals surface area contributed by atoms with Crippen LogP contribution < -0.4 is 10.1 Å². The Balaban J connectivity index is 1.69. The summed E-state index contributed by atoms with van der Waals surface area (Å²) in [4.78, 5) is 28.3. The number of anilines is 1. The van der Waals surface area contributed by atoms with Crippen LogP contribution in [0.3, 0.4) is 0 Å². The average molecular weight is 576 g/mol. The number of hydrogen-bond acceptors (Lipinski definition) is 6. The SMILES string of the molecule is C[C@@H]1CN([C@H](C)CO)C(=O)c2cccc(NC(=O)C3CCCCC3)c2O[C@H]1CN(C)S(=O)(=O)c1ccc(F)cc1. The maximum Gasteiger partial charge on any atom is 0.258 e. The molecule has 3 atom stereocenters. The molecule has 2 aliphatic rings. The van der Waals surface area contributed by atoms with Gasteiger partial charge in [-0.15, -0.1) is 0 Å². The molecule has 1 heterocycles. The first kappa shape index (κ1) is 30.0. The van der Waals surface area contributed by atoms with Gasteiger partial charge in [-0.05, 0) is 56.2 Å². The van der Waals surface area contributed by atoms with Crippen molar-refractivity contribution in [2.75, 3.05) is 32.1 Å². The molecule has 1 aliphatic carbocycles. The van der Waals surface area contributed by atoms with Crippen LogP contribution in [0.5, 0.6) is 5.75 Å². The Labute approximate surface area is 235 Å². The smallest absolute Gasteiger partial charge is 0.258 e. The molecule has 9 nitrogen and oxygen atoms in total. The largest absolute Gasteiger partial charge is 0.486 e. The Kier molecular flexibility index (Phi) is 9.48. The van der Waals surface area contributed by atoms with Crippen LogP contribution in [-0.2, 0) is 14.8 Å². The Morgan fingerprint density at radius 1 is 1.18 bits per heavy atom. The number of carbonyl (C=O) groups excluding carboxylic acids is 2. The van der Waals surface area contributed by atoms with Crippen molar-refractivity contribution < 1.29 is 32.2 Å². The van der Waals surface area contributed by atoms with E-state index in [0.29, 0.717) is 5.69 Å². The summed E-state index contributed by atoms with van der Waals surface area (Å²) in [5.74, 6) is -1.31. The van der Waals surface area contributed by atoms with Gasteiger partial charge in [-0.1, -0.05) is 32.3 Å². The van der Waals surface area contributed by atoms with Crippen LogP contribution in [0.15, 0.2) is 47.4 Å². The number of aliphatic hydroxyl groups excluding tert-OH is 1. The molecule has 0 bridgehead atoms. The van der Waals surface area contributed by atoms with E-state index in [-0.39, 0.29) is 59.6 Å². The van der Waals surface area contributed by atoms with Gasteiger partial charge in [-0.2, -0.15) is 4.31 Å². The van der Waals surface area contributed by atoms with E-state index in [1.807, 2.05) is 6.92 Å². The summed E-state index contributed by atoms with van der Waals surface area (Å²) >= 11 is 0. The van der Waals surface area contributed by atoms with E-state index in [4.69, 9.17) is 4.74 Å². The van der Waals surface area contributed by atoms with Crippen LogP contribution in [0, 0.1) is 17.7 Å². The van der Waals surface area contributed by atoms with Gasteiger partial charge in [0, 0.05) is 25.4 Å². The Morgan fingerprint density at radius 2 is 1.85 bits per heavy atom. The summed E-state index contributed by atoms with van der Waals surface area (Å²) in [6, 6.07) is 9.06. The fourth-order valence-electron chi connectivity index (χ4n) is 5.30. The lowest BCUT2D eigenvalue weighted by molar-refractivity contribution is -0.120. The summed E-state index contributed by atoms with van der Waals surface area (Å²) in [5.41, 5.74) is 0.573. The zero-order chi connectivity index (χ0) is 29.0. The van der Waals surface area contributed by atoms with Crippen LogP contribution in [-0.4, -0.2) is 73.4 Å². The summed E-state index contributed by atoms with van der Waals surface area (Å²) in [6.45, 7) is 3.48. The molecule has 0 radical (unpaired) electrons. The number of hydrogen-bond donors (Lipinski definition) is 2. The van der Waals surface area contributed by atoms with E-state index in [0.717, 1.165) is 48.5 Å². The van der Waals surface area contributed by atoms with Gasteiger partial charge in [-0.25, -0.2) is 12.8 Å². The van der Waals surface area contributed by atoms with E-state index in [2.05, 4.69) is 5.32 Å². The van der Waals surface area contributed by atoms with E-state index >= 15 is 0 Å². The van der Waals surface area contributed by atoms with Crippen molar-refractivity contribution in [1.29, 1.82) is 0 Å². The van der Waals surface area contributed by atoms with Crippen molar-refractivity contribution in [3.8, 4) is 5.75 Å². The van der Waals surface area contributed by atoms with Crippen molar-refractivity contribution in [1.82, 2.24) is 9.21 Å². The summed E-state index contributed by atoms with van der Waals surface area (Å²) in [7, 11) is -2.55. The summed E-state index contributed by atoms with van der Waals surface area (Å²) < 4.78 is 47.6. The number of aliphatic hydroxyl groups is 1. The van der Waals surface area contributed by atoms with Gasteiger partial charge in [0.25, 0.3) is 5.91 Å². The molecule has 40 heavy (non-hydrogen) atoms. The molecular weight excluding hydrogens is 537 g/mol. The molecular formula is C29H38FN3O6S. The van der Waals surface area contributed by atoms with Crippen molar-refractivity contribution >= 4 is 27.5 Å². The number of fused-ring (bicyclic) bond motifs is 1. The Morgan fingerprint density at radius 3 is 2.50 bits per heavy atom. The van der Waals surface area contributed by atoms with Gasteiger partial charge < -0.3 is 20.1 Å². The lowest BCUT2D eigenvalue weighted by atomic mass is 9.88. The molecule has 2 N–H and O–H groups in total. The number of sulfonamides is 1. The fourth-order valence-corrected chi connectivity index (χ4v) is 6.48. The highest BCUT2D eigenvalue weighted by atomic mass is 32.2. The minimum absolute atomic E-state index is 0.0542. The molecule has 0 unspecified atom stereocenters. The monoisotopic (exact) mass is 575 g/mol. The predicted molar refractivity (Wildman–Crippen MR) is 149 cm³/mol. The third-order valence-electron chi connectivity index (χ3n) is 7.88. The number of ether oxygens (including phenoxy) is 1. The quantitative estimate of drug-likeness (QED) is 0.494. The Hall–Kier alpha value is -3.02. The first-order valence-electron chi connectivity index (χ1n) is 13.8. The van der Waals surface area contributed by atoms with Gasteiger partial charge in [0.2, 0.25) is 15.9 Å². The van der Waals surface area contributed by atoms with Crippen molar-refractivity contribution in [2.45, 2.75) is 63.0 Å². The number of para-hydroxylation sites is 1.